The van der Waals surface area contributed by atoms with Gasteiger partial charge in [-0.2, -0.15) is 0 Å². The summed E-state index contributed by atoms with van der Waals surface area (Å²) in [5.41, 5.74) is 0.532. The van der Waals surface area contributed by atoms with Crippen LogP contribution in [0.5, 0.6) is 5.75 Å². The van der Waals surface area contributed by atoms with Crippen molar-refractivity contribution in [2.75, 3.05) is 17.9 Å². The number of halogens is 1. The summed E-state index contributed by atoms with van der Waals surface area (Å²) in [4.78, 5) is 11.9. The number of rotatable bonds is 3. The van der Waals surface area contributed by atoms with Crippen molar-refractivity contribution in [1.82, 2.24) is 5.32 Å². The van der Waals surface area contributed by atoms with Crippen molar-refractivity contribution in [3.05, 3.63) is 53.1 Å². The highest BCUT2D eigenvalue weighted by Crippen LogP contribution is 2.26. The Kier molecular flexibility index (Phi) is 4.14. The van der Waals surface area contributed by atoms with Gasteiger partial charge in [-0.1, -0.05) is 17.7 Å². The Morgan fingerprint density at radius 1 is 1.17 bits per heavy atom. The molecule has 0 aliphatic carbocycles. The second kappa shape index (κ2) is 6.10. The predicted octanol–water partition coefficient (Wildman–Crippen LogP) is 2.26. The quantitative estimate of drug-likeness (QED) is 0.887. The number of anilines is 1. The zero-order valence-corrected chi connectivity index (χ0v) is 13.4. The first kappa shape index (κ1) is 15.6. The summed E-state index contributed by atoms with van der Waals surface area (Å²) in [6.07, 6.45) is 0. The molecule has 1 aliphatic heterocycles. The molecule has 2 N–H and O–H groups in total. The summed E-state index contributed by atoms with van der Waals surface area (Å²) >= 11 is 5.85. The SMILES string of the molecule is O=C1NCCOc2ccc(S(=O)(=O)Nc3cccc(Cl)c3)cc21. The van der Waals surface area contributed by atoms with Gasteiger partial charge in [-0.3, -0.25) is 9.52 Å². The molecule has 8 heteroatoms. The van der Waals surface area contributed by atoms with Crippen molar-refractivity contribution in [3.63, 3.8) is 0 Å². The standard InChI is InChI=1S/C15H13ClN2O4S/c16-10-2-1-3-11(8-10)18-23(20,21)12-4-5-14-13(9-12)15(19)17-6-7-22-14/h1-5,8-9,18H,6-7H2,(H,17,19). The molecule has 0 unspecified atom stereocenters. The van der Waals surface area contributed by atoms with E-state index in [4.69, 9.17) is 16.3 Å². The Labute approximate surface area is 138 Å². The zero-order valence-electron chi connectivity index (χ0n) is 11.9. The van der Waals surface area contributed by atoms with Gasteiger partial charge in [-0.05, 0) is 36.4 Å². The maximum Gasteiger partial charge on any atom is 0.261 e. The van der Waals surface area contributed by atoms with Crippen molar-refractivity contribution in [1.29, 1.82) is 0 Å². The molecule has 0 saturated heterocycles. The molecule has 1 amide bonds. The van der Waals surface area contributed by atoms with Gasteiger partial charge in [0, 0.05) is 5.02 Å². The van der Waals surface area contributed by atoms with E-state index in [0.29, 0.717) is 29.6 Å². The monoisotopic (exact) mass is 352 g/mol. The zero-order chi connectivity index (χ0) is 16.4. The number of carbonyl (C=O) groups is 1. The van der Waals surface area contributed by atoms with Gasteiger partial charge in [-0.25, -0.2) is 8.42 Å². The Morgan fingerprint density at radius 2 is 2.00 bits per heavy atom. The fourth-order valence-electron chi connectivity index (χ4n) is 2.17. The molecule has 6 nitrogen and oxygen atoms in total. The number of ether oxygens (including phenoxy) is 1. The molecule has 2 aromatic rings. The molecule has 23 heavy (non-hydrogen) atoms. The normalized spacial score (nSPS) is 14.2. The van der Waals surface area contributed by atoms with Crippen LogP contribution in [0.2, 0.25) is 5.02 Å². The molecule has 0 fully saturated rings. The molecule has 1 aliphatic rings. The van der Waals surface area contributed by atoms with Crippen LogP contribution in [0.4, 0.5) is 5.69 Å². The first-order chi connectivity index (χ1) is 11.0. The van der Waals surface area contributed by atoms with Crippen LogP contribution >= 0.6 is 11.6 Å². The fraction of sp³-hybridized carbons (Fsp3) is 0.133. The molecule has 0 bridgehead atoms. The molecule has 120 valence electrons. The lowest BCUT2D eigenvalue weighted by Crippen LogP contribution is -2.24. The average Bonchev–Trinajstić information content (AvgIpc) is 2.68. The van der Waals surface area contributed by atoms with Gasteiger partial charge in [0.05, 0.1) is 22.7 Å². The Hall–Kier alpha value is -2.25. The molecule has 3 rings (SSSR count). The smallest absolute Gasteiger partial charge is 0.261 e. The number of hydrogen-bond acceptors (Lipinski definition) is 4. The first-order valence-electron chi connectivity index (χ1n) is 6.79. The lowest BCUT2D eigenvalue weighted by Gasteiger charge is -2.11. The van der Waals surface area contributed by atoms with Crippen molar-refractivity contribution in [2.24, 2.45) is 0 Å². The number of fused-ring (bicyclic) bond motifs is 1. The summed E-state index contributed by atoms with van der Waals surface area (Å²) in [5, 5.41) is 3.06. The summed E-state index contributed by atoms with van der Waals surface area (Å²) in [5.74, 6) is -0.000916. The van der Waals surface area contributed by atoms with Crippen molar-refractivity contribution < 1.29 is 17.9 Å². The van der Waals surface area contributed by atoms with E-state index in [1.807, 2.05) is 0 Å². The van der Waals surface area contributed by atoms with Gasteiger partial charge in [0.25, 0.3) is 15.9 Å². The second-order valence-corrected chi connectivity index (χ2v) is 7.00. The molecule has 0 saturated carbocycles. The Morgan fingerprint density at radius 3 is 2.78 bits per heavy atom. The Balaban J connectivity index is 1.96. The highest BCUT2D eigenvalue weighted by Gasteiger charge is 2.21. The molecule has 0 spiro atoms. The summed E-state index contributed by atoms with van der Waals surface area (Å²) in [7, 11) is -3.84. The maximum absolute atomic E-state index is 12.5. The van der Waals surface area contributed by atoms with E-state index >= 15 is 0 Å². The molecule has 0 atom stereocenters. The number of amides is 1. The number of nitrogens with one attached hydrogen (secondary N) is 2. The molecular formula is C15H13ClN2O4S. The van der Waals surface area contributed by atoms with Gasteiger partial charge >= 0.3 is 0 Å². The lowest BCUT2D eigenvalue weighted by molar-refractivity contribution is 0.0957. The molecule has 0 radical (unpaired) electrons. The third-order valence-electron chi connectivity index (χ3n) is 3.23. The minimum atomic E-state index is -3.84. The van der Waals surface area contributed by atoms with E-state index in [1.54, 1.807) is 18.2 Å². The number of benzene rings is 2. The average molecular weight is 353 g/mol. The fourth-order valence-corrected chi connectivity index (χ4v) is 3.43. The van der Waals surface area contributed by atoms with Crippen LogP contribution in [0.3, 0.4) is 0 Å². The van der Waals surface area contributed by atoms with Crippen molar-refractivity contribution >= 4 is 33.2 Å². The van der Waals surface area contributed by atoms with E-state index in [0.717, 1.165) is 0 Å². The number of carbonyl (C=O) groups excluding carboxylic acids is 1. The maximum atomic E-state index is 12.5. The van der Waals surface area contributed by atoms with Crippen molar-refractivity contribution in [2.45, 2.75) is 4.90 Å². The van der Waals surface area contributed by atoms with Crippen LogP contribution in [0.25, 0.3) is 0 Å². The van der Waals surface area contributed by atoms with Gasteiger partial charge in [0.1, 0.15) is 12.4 Å². The Bertz CT molecular complexity index is 868. The molecule has 1 heterocycles. The van der Waals surface area contributed by atoms with Crippen LogP contribution in [-0.4, -0.2) is 27.5 Å². The van der Waals surface area contributed by atoms with E-state index in [2.05, 4.69) is 10.0 Å². The molecule has 0 aromatic heterocycles. The summed E-state index contributed by atoms with van der Waals surface area (Å²) < 4.78 is 32.8. The van der Waals surface area contributed by atoms with Gasteiger partial charge in [0.15, 0.2) is 0 Å². The highest BCUT2D eigenvalue weighted by molar-refractivity contribution is 7.92. The van der Waals surface area contributed by atoms with Crippen LogP contribution in [0.15, 0.2) is 47.4 Å². The molecular weight excluding hydrogens is 340 g/mol. The number of hydrogen-bond donors (Lipinski definition) is 2. The van der Waals surface area contributed by atoms with Crippen LogP contribution < -0.4 is 14.8 Å². The topological polar surface area (TPSA) is 84.5 Å². The van der Waals surface area contributed by atoms with E-state index in [9.17, 15) is 13.2 Å². The van der Waals surface area contributed by atoms with E-state index in [-0.39, 0.29) is 16.4 Å². The van der Waals surface area contributed by atoms with Crippen LogP contribution in [-0.2, 0) is 10.0 Å². The van der Waals surface area contributed by atoms with Crippen LogP contribution in [0, 0.1) is 0 Å². The second-order valence-electron chi connectivity index (χ2n) is 4.88. The van der Waals surface area contributed by atoms with Gasteiger partial charge in [0.2, 0.25) is 0 Å². The predicted molar refractivity (Wildman–Crippen MR) is 86.5 cm³/mol. The van der Waals surface area contributed by atoms with E-state index < -0.39 is 10.0 Å². The van der Waals surface area contributed by atoms with Crippen molar-refractivity contribution in [3.8, 4) is 5.75 Å². The van der Waals surface area contributed by atoms with Crippen LogP contribution in [0.1, 0.15) is 10.4 Å². The first-order valence-corrected chi connectivity index (χ1v) is 8.65. The molecule has 2 aromatic carbocycles. The minimum absolute atomic E-state index is 0.0307. The van der Waals surface area contributed by atoms with Gasteiger partial charge in [-0.15, -0.1) is 0 Å². The highest BCUT2D eigenvalue weighted by atomic mass is 35.5. The third-order valence-corrected chi connectivity index (χ3v) is 4.84. The lowest BCUT2D eigenvalue weighted by atomic mass is 10.2. The summed E-state index contributed by atoms with van der Waals surface area (Å²) in [6.45, 7) is 0.710. The third kappa shape index (κ3) is 3.40. The minimum Gasteiger partial charge on any atom is -0.491 e. The van der Waals surface area contributed by atoms with Gasteiger partial charge < -0.3 is 10.1 Å². The summed E-state index contributed by atoms with van der Waals surface area (Å²) in [6, 6.07) is 10.5. The largest absolute Gasteiger partial charge is 0.491 e. The number of sulfonamides is 1. The van der Waals surface area contributed by atoms with E-state index in [1.165, 1.54) is 24.3 Å².